The molecule has 0 aliphatic carbocycles. The van der Waals surface area contributed by atoms with E-state index < -0.39 is 0 Å². The standard InChI is InChI=1S/C27H31ClN2S/c1-21(2)23-8-12-25(13-9-23)30-17-16-29(18-22-6-4-3-5-7-22)19-26(30)20-31-27-14-10-24(28)11-15-27/h3-15,21,26H,16-20H2,1-2H3. The van der Waals surface area contributed by atoms with E-state index in [1.165, 1.54) is 21.7 Å². The van der Waals surface area contributed by atoms with E-state index in [0.29, 0.717) is 12.0 Å². The van der Waals surface area contributed by atoms with Crippen molar-refractivity contribution in [2.75, 3.05) is 30.3 Å². The molecule has 0 spiro atoms. The topological polar surface area (TPSA) is 6.48 Å². The summed E-state index contributed by atoms with van der Waals surface area (Å²) in [6, 6.07) is 28.7. The van der Waals surface area contributed by atoms with E-state index in [1.807, 2.05) is 23.9 Å². The van der Waals surface area contributed by atoms with E-state index in [9.17, 15) is 0 Å². The lowest BCUT2D eigenvalue weighted by molar-refractivity contribution is 0.222. The smallest absolute Gasteiger partial charge is 0.0511 e. The maximum Gasteiger partial charge on any atom is 0.0511 e. The Labute approximate surface area is 196 Å². The maximum absolute atomic E-state index is 6.07. The van der Waals surface area contributed by atoms with Crippen LogP contribution in [-0.2, 0) is 6.54 Å². The Bertz CT molecular complexity index is 941. The summed E-state index contributed by atoms with van der Waals surface area (Å²) < 4.78 is 0. The van der Waals surface area contributed by atoms with E-state index in [4.69, 9.17) is 11.6 Å². The van der Waals surface area contributed by atoms with Crippen LogP contribution in [0.25, 0.3) is 0 Å². The van der Waals surface area contributed by atoms with Gasteiger partial charge in [-0.15, -0.1) is 11.8 Å². The molecule has 3 aromatic carbocycles. The number of piperazine rings is 1. The summed E-state index contributed by atoms with van der Waals surface area (Å²) in [7, 11) is 0. The highest BCUT2D eigenvalue weighted by atomic mass is 35.5. The Hall–Kier alpha value is -1.94. The second kappa shape index (κ2) is 10.6. The molecule has 3 aromatic rings. The molecule has 162 valence electrons. The molecule has 1 unspecified atom stereocenters. The fourth-order valence-corrected chi connectivity index (χ4v) is 5.29. The average Bonchev–Trinajstić information content (AvgIpc) is 2.80. The van der Waals surface area contributed by atoms with E-state index in [-0.39, 0.29) is 0 Å². The van der Waals surface area contributed by atoms with E-state index >= 15 is 0 Å². The number of benzene rings is 3. The summed E-state index contributed by atoms with van der Waals surface area (Å²) >= 11 is 7.99. The number of thioether (sulfide) groups is 1. The van der Waals surface area contributed by atoms with Crippen LogP contribution in [0.1, 0.15) is 30.9 Å². The number of hydrogen-bond acceptors (Lipinski definition) is 3. The molecule has 0 amide bonds. The number of nitrogens with zero attached hydrogens (tertiary/aromatic N) is 2. The van der Waals surface area contributed by atoms with Crippen molar-refractivity contribution in [3.8, 4) is 0 Å². The second-order valence-electron chi connectivity index (χ2n) is 8.58. The molecule has 4 rings (SSSR count). The van der Waals surface area contributed by atoms with E-state index in [1.54, 1.807) is 0 Å². The molecule has 0 bridgehead atoms. The van der Waals surface area contributed by atoms with Gasteiger partial charge in [-0.2, -0.15) is 0 Å². The van der Waals surface area contributed by atoms with Gasteiger partial charge >= 0.3 is 0 Å². The normalized spacial score (nSPS) is 17.3. The van der Waals surface area contributed by atoms with Gasteiger partial charge in [0.25, 0.3) is 0 Å². The third-order valence-corrected chi connectivity index (χ3v) is 7.37. The molecule has 1 saturated heterocycles. The van der Waals surface area contributed by atoms with Gasteiger partial charge in [-0.3, -0.25) is 4.90 Å². The van der Waals surface area contributed by atoms with Crippen LogP contribution in [0.4, 0.5) is 5.69 Å². The summed E-state index contributed by atoms with van der Waals surface area (Å²) in [6.45, 7) is 8.74. The quantitative estimate of drug-likeness (QED) is 0.359. The van der Waals surface area contributed by atoms with Crippen molar-refractivity contribution in [3.05, 3.63) is 95.0 Å². The average molecular weight is 451 g/mol. The van der Waals surface area contributed by atoms with Crippen molar-refractivity contribution < 1.29 is 0 Å². The lowest BCUT2D eigenvalue weighted by atomic mass is 10.0. The van der Waals surface area contributed by atoms with Crippen molar-refractivity contribution >= 4 is 29.1 Å². The van der Waals surface area contributed by atoms with Gasteiger partial charge < -0.3 is 4.90 Å². The van der Waals surface area contributed by atoms with Gasteiger partial charge in [-0.25, -0.2) is 0 Å². The summed E-state index contributed by atoms with van der Waals surface area (Å²) in [4.78, 5) is 6.48. The number of halogens is 1. The predicted octanol–water partition coefficient (Wildman–Crippen LogP) is 6.95. The molecule has 31 heavy (non-hydrogen) atoms. The van der Waals surface area contributed by atoms with Crippen LogP contribution in [-0.4, -0.2) is 36.3 Å². The summed E-state index contributed by atoms with van der Waals surface area (Å²) in [5, 5.41) is 0.794. The summed E-state index contributed by atoms with van der Waals surface area (Å²) in [5.41, 5.74) is 4.13. The maximum atomic E-state index is 6.07. The Morgan fingerprint density at radius 1 is 0.903 bits per heavy atom. The first-order chi connectivity index (χ1) is 15.1. The van der Waals surface area contributed by atoms with Gasteiger partial charge in [0.05, 0.1) is 6.04 Å². The molecular formula is C27H31ClN2S. The highest BCUT2D eigenvalue weighted by Gasteiger charge is 2.27. The zero-order valence-electron chi connectivity index (χ0n) is 18.4. The lowest BCUT2D eigenvalue weighted by Gasteiger charge is -2.43. The minimum absolute atomic E-state index is 0.461. The van der Waals surface area contributed by atoms with Crippen molar-refractivity contribution in [1.82, 2.24) is 4.90 Å². The van der Waals surface area contributed by atoms with Gasteiger partial charge in [0.2, 0.25) is 0 Å². The van der Waals surface area contributed by atoms with Gasteiger partial charge in [0, 0.05) is 47.5 Å². The number of rotatable bonds is 7. The molecule has 4 heteroatoms. The van der Waals surface area contributed by atoms with Crippen LogP contribution in [0.15, 0.2) is 83.8 Å². The van der Waals surface area contributed by atoms with Gasteiger partial charge in [0.1, 0.15) is 0 Å². The molecular weight excluding hydrogens is 420 g/mol. The van der Waals surface area contributed by atoms with E-state index in [2.05, 4.69) is 90.4 Å². The van der Waals surface area contributed by atoms with Crippen LogP contribution >= 0.6 is 23.4 Å². The van der Waals surface area contributed by atoms with Crippen LogP contribution in [0.2, 0.25) is 5.02 Å². The molecule has 0 N–H and O–H groups in total. The second-order valence-corrected chi connectivity index (χ2v) is 10.1. The number of anilines is 1. The number of hydrogen-bond donors (Lipinski definition) is 0. The fraction of sp³-hybridized carbons (Fsp3) is 0.333. The minimum atomic E-state index is 0.461. The van der Waals surface area contributed by atoms with Gasteiger partial charge in [-0.1, -0.05) is 67.9 Å². The molecule has 2 nitrogen and oxygen atoms in total. The fourth-order valence-electron chi connectivity index (χ4n) is 4.16. The van der Waals surface area contributed by atoms with Crippen molar-refractivity contribution in [3.63, 3.8) is 0 Å². The minimum Gasteiger partial charge on any atom is -0.365 e. The van der Waals surface area contributed by atoms with Crippen LogP contribution in [0.5, 0.6) is 0 Å². The van der Waals surface area contributed by atoms with Crippen LogP contribution < -0.4 is 4.90 Å². The van der Waals surface area contributed by atoms with Crippen molar-refractivity contribution in [2.24, 2.45) is 0 Å². The Kier molecular flexibility index (Phi) is 7.60. The Morgan fingerprint density at radius 2 is 1.61 bits per heavy atom. The Morgan fingerprint density at radius 3 is 2.29 bits per heavy atom. The summed E-state index contributed by atoms with van der Waals surface area (Å²) in [5.74, 6) is 1.62. The van der Waals surface area contributed by atoms with Gasteiger partial charge in [-0.05, 0) is 53.4 Å². The molecule has 1 heterocycles. The summed E-state index contributed by atoms with van der Waals surface area (Å²) in [6.07, 6.45) is 0. The first-order valence-electron chi connectivity index (χ1n) is 11.1. The van der Waals surface area contributed by atoms with Crippen molar-refractivity contribution in [2.45, 2.75) is 37.2 Å². The molecule has 1 fully saturated rings. The molecule has 1 aliphatic heterocycles. The van der Waals surface area contributed by atoms with Crippen LogP contribution in [0, 0.1) is 0 Å². The first kappa shape index (κ1) is 22.3. The molecule has 0 aromatic heterocycles. The predicted molar refractivity (Wildman–Crippen MR) is 136 cm³/mol. The zero-order valence-corrected chi connectivity index (χ0v) is 19.9. The third-order valence-electron chi connectivity index (χ3n) is 5.96. The largest absolute Gasteiger partial charge is 0.365 e. The highest BCUT2D eigenvalue weighted by molar-refractivity contribution is 7.99. The zero-order chi connectivity index (χ0) is 21.6. The highest BCUT2D eigenvalue weighted by Crippen LogP contribution is 2.28. The SMILES string of the molecule is CC(C)c1ccc(N2CCN(Cc3ccccc3)CC2CSc2ccc(Cl)cc2)cc1. The van der Waals surface area contributed by atoms with Gasteiger partial charge in [0.15, 0.2) is 0 Å². The third kappa shape index (κ3) is 6.06. The molecule has 0 saturated carbocycles. The van der Waals surface area contributed by atoms with Crippen molar-refractivity contribution in [1.29, 1.82) is 0 Å². The Balaban J connectivity index is 1.49. The lowest BCUT2D eigenvalue weighted by Crippen LogP contribution is -2.54. The van der Waals surface area contributed by atoms with E-state index in [0.717, 1.165) is 37.0 Å². The molecule has 1 aliphatic rings. The molecule has 0 radical (unpaired) electrons. The molecule has 1 atom stereocenters. The van der Waals surface area contributed by atoms with Crippen LogP contribution in [0.3, 0.4) is 0 Å². The first-order valence-corrected chi connectivity index (χ1v) is 12.5. The monoisotopic (exact) mass is 450 g/mol.